The fourth-order valence-corrected chi connectivity index (χ4v) is 2.87. The molecule has 0 aliphatic heterocycles. The van der Waals surface area contributed by atoms with Crippen molar-refractivity contribution in [3.8, 4) is 11.4 Å². The summed E-state index contributed by atoms with van der Waals surface area (Å²) in [5.41, 5.74) is 1.69. The van der Waals surface area contributed by atoms with Crippen molar-refractivity contribution in [1.82, 2.24) is 20.2 Å². The van der Waals surface area contributed by atoms with E-state index in [1.54, 1.807) is 6.07 Å². The van der Waals surface area contributed by atoms with Crippen LogP contribution in [0.5, 0.6) is 0 Å². The number of aromatic nitrogens is 2. The molecule has 1 heterocycles. The number of hydrogen-bond donors (Lipinski definition) is 2. The van der Waals surface area contributed by atoms with Crippen LogP contribution in [0.2, 0.25) is 0 Å². The summed E-state index contributed by atoms with van der Waals surface area (Å²) in [6, 6.07) is 7.19. The van der Waals surface area contributed by atoms with Gasteiger partial charge in [0.25, 0.3) is 0 Å². The second-order valence-electron chi connectivity index (χ2n) is 6.63. The van der Waals surface area contributed by atoms with Crippen LogP contribution >= 0.6 is 0 Å². The van der Waals surface area contributed by atoms with Crippen LogP contribution in [-0.2, 0) is 11.3 Å². The zero-order valence-corrected chi connectivity index (χ0v) is 15.2. The maximum Gasteiger partial charge on any atom is 0.406 e. The largest absolute Gasteiger partial charge is 0.453 e. The average Bonchev–Trinajstić information content (AvgIpc) is 3.34. The van der Waals surface area contributed by atoms with Gasteiger partial charge in [0.15, 0.2) is 0 Å². The first-order chi connectivity index (χ1) is 12.6. The summed E-state index contributed by atoms with van der Waals surface area (Å²) in [6.07, 6.45) is 4.71. The number of carbonyl (C=O) groups is 1. The number of amides is 1. The molecule has 26 heavy (non-hydrogen) atoms. The zero-order valence-electron chi connectivity index (χ0n) is 15.2. The number of imidazole rings is 1. The molecule has 2 N–H and O–H groups in total. The number of methoxy groups -OCH3 is 1. The minimum atomic E-state index is -0.441. The molecule has 0 radical (unpaired) electrons. The van der Waals surface area contributed by atoms with E-state index in [-0.39, 0.29) is 11.9 Å². The van der Waals surface area contributed by atoms with Gasteiger partial charge < -0.3 is 19.9 Å². The van der Waals surface area contributed by atoms with Gasteiger partial charge in [-0.25, -0.2) is 14.2 Å². The van der Waals surface area contributed by atoms with Gasteiger partial charge in [-0.1, -0.05) is 12.1 Å². The van der Waals surface area contributed by atoms with Crippen LogP contribution in [0, 0.1) is 5.82 Å². The summed E-state index contributed by atoms with van der Waals surface area (Å²) < 4.78 is 20.2. The third-order valence-electron chi connectivity index (χ3n) is 4.42. The maximum atomic E-state index is 13.7. The van der Waals surface area contributed by atoms with Gasteiger partial charge in [-0.3, -0.25) is 0 Å². The topological polar surface area (TPSA) is 68.2 Å². The van der Waals surface area contributed by atoms with Crippen LogP contribution in [0.25, 0.3) is 11.4 Å². The van der Waals surface area contributed by atoms with Crippen LogP contribution < -0.4 is 10.6 Å². The van der Waals surface area contributed by atoms with Gasteiger partial charge in [-0.15, -0.1) is 0 Å². The predicted molar refractivity (Wildman–Crippen MR) is 97.2 cm³/mol. The third-order valence-corrected chi connectivity index (χ3v) is 4.42. The van der Waals surface area contributed by atoms with Gasteiger partial charge in [0.1, 0.15) is 11.6 Å². The van der Waals surface area contributed by atoms with E-state index in [4.69, 9.17) is 4.98 Å². The Morgan fingerprint density at radius 2 is 2.27 bits per heavy atom. The molecule has 0 spiro atoms. The highest BCUT2D eigenvalue weighted by atomic mass is 19.1. The van der Waals surface area contributed by atoms with Crippen molar-refractivity contribution in [2.75, 3.05) is 13.7 Å². The molecule has 140 valence electrons. The monoisotopic (exact) mass is 360 g/mol. The Labute approximate surface area is 152 Å². The number of carbonyl (C=O) groups excluding carboxylic acids is 1. The highest BCUT2D eigenvalue weighted by Crippen LogP contribution is 2.26. The van der Waals surface area contributed by atoms with Crippen molar-refractivity contribution in [2.45, 2.75) is 44.8 Å². The number of nitrogens with zero attached hydrogens (tertiary/aromatic N) is 2. The van der Waals surface area contributed by atoms with E-state index < -0.39 is 6.09 Å². The number of benzene rings is 1. The van der Waals surface area contributed by atoms with Crippen molar-refractivity contribution in [2.24, 2.45) is 0 Å². The summed E-state index contributed by atoms with van der Waals surface area (Å²) in [5, 5.41) is 6.21. The van der Waals surface area contributed by atoms with E-state index in [9.17, 15) is 9.18 Å². The molecule has 0 saturated heterocycles. The number of rotatable bonds is 8. The molecule has 1 unspecified atom stereocenters. The molecular formula is C19H25FN4O2. The lowest BCUT2D eigenvalue weighted by Crippen LogP contribution is -2.24. The van der Waals surface area contributed by atoms with Gasteiger partial charge >= 0.3 is 6.09 Å². The fraction of sp³-hybridized carbons (Fsp3) is 0.474. The smallest absolute Gasteiger partial charge is 0.406 e. The normalized spacial score (nSPS) is 14.9. The summed E-state index contributed by atoms with van der Waals surface area (Å²) in [6.45, 7) is 3.26. The molecule has 1 fully saturated rings. The standard InChI is InChI=1S/C19H25FN4O2/c1-13(22-16-7-8-16)17-12-24(10-4-9-21-19(25)26-2)18(23-17)14-5-3-6-15(20)11-14/h3,5-6,11-13,16,22H,4,7-10H2,1-2H3,(H,21,25). The van der Waals surface area contributed by atoms with E-state index in [0.29, 0.717) is 19.1 Å². The Morgan fingerprint density at radius 1 is 1.46 bits per heavy atom. The average molecular weight is 360 g/mol. The molecule has 1 aromatic carbocycles. The molecular weight excluding hydrogens is 335 g/mol. The first-order valence-electron chi connectivity index (χ1n) is 8.97. The Bertz CT molecular complexity index is 758. The molecule has 7 heteroatoms. The van der Waals surface area contributed by atoms with E-state index in [1.807, 2.05) is 16.8 Å². The fourth-order valence-electron chi connectivity index (χ4n) is 2.87. The number of hydrogen-bond acceptors (Lipinski definition) is 4. The van der Waals surface area contributed by atoms with Gasteiger partial charge in [0.05, 0.1) is 12.8 Å². The Morgan fingerprint density at radius 3 is 2.96 bits per heavy atom. The first-order valence-corrected chi connectivity index (χ1v) is 8.97. The first kappa shape index (κ1) is 18.4. The van der Waals surface area contributed by atoms with Gasteiger partial charge in [-0.2, -0.15) is 0 Å². The molecule has 2 aromatic rings. The summed E-state index contributed by atoms with van der Waals surface area (Å²) >= 11 is 0. The SMILES string of the molecule is COC(=O)NCCCn1cc(C(C)NC2CC2)nc1-c1cccc(F)c1. The van der Waals surface area contributed by atoms with Crippen molar-refractivity contribution in [3.63, 3.8) is 0 Å². The molecule has 1 atom stereocenters. The Balaban J connectivity index is 1.75. The lowest BCUT2D eigenvalue weighted by molar-refractivity contribution is 0.171. The highest BCUT2D eigenvalue weighted by molar-refractivity contribution is 5.66. The number of ether oxygens (including phenoxy) is 1. The summed E-state index contributed by atoms with van der Waals surface area (Å²) in [4.78, 5) is 15.9. The summed E-state index contributed by atoms with van der Waals surface area (Å²) in [7, 11) is 1.34. The number of halogens is 1. The van der Waals surface area contributed by atoms with Crippen LogP contribution in [-0.4, -0.2) is 35.3 Å². The number of nitrogens with one attached hydrogen (secondary N) is 2. The Hall–Kier alpha value is -2.41. The minimum absolute atomic E-state index is 0.143. The molecule has 1 aliphatic rings. The number of aryl methyl sites for hydroxylation is 1. The van der Waals surface area contributed by atoms with Crippen LogP contribution in [0.4, 0.5) is 9.18 Å². The van der Waals surface area contributed by atoms with Crippen molar-refractivity contribution in [1.29, 1.82) is 0 Å². The van der Waals surface area contributed by atoms with Gasteiger partial charge in [0, 0.05) is 36.9 Å². The van der Waals surface area contributed by atoms with Crippen LogP contribution in [0.3, 0.4) is 0 Å². The molecule has 3 rings (SSSR count). The van der Waals surface area contributed by atoms with Crippen molar-refractivity contribution in [3.05, 3.63) is 42.0 Å². The summed E-state index contributed by atoms with van der Waals surface area (Å²) in [5.74, 6) is 0.456. The molecule has 1 amide bonds. The molecule has 6 nitrogen and oxygen atoms in total. The van der Waals surface area contributed by atoms with Gasteiger partial charge in [-0.05, 0) is 38.3 Å². The van der Waals surface area contributed by atoms with E-state index >= 15 is 0 Å². The third kappa shape index (κ3) is 4.82. The highest BCUT2D eigenvalue weighted by Gasteiger charge is 2.25. The molecule has 0 bridgehead atoms. The van der Waals surface area contributed by atoms with E-state index in [1.165, 1.54) is 32.1 Å². The lowest BCUT2D eigenvalue weighted by atomic mass is 10.2. The van der Waals surface area contributed by atoms with Crippen molar-refractivity contribution >= 4 is 6.09 Å². The van der Waals surface area contributed by atoms with E-state index in [2.05, 4.69) is 22.3 Å². The van der Waals surface area contributed by atoms with Crippen LogP contribution in [0.1, 0.15) is 37.9 Å². The van der Waals surface area contributed by atoms with Crippen LogP contribution in [0.15, 0.2) is 30.5 Å². The maximum absolute atomic E-state index is 13.7. The number of alkyl carbamates (subject to hydrolysis) is 1. The predicted octanol–water partition coefficient (Wildman–Crippen LogP) is 3.25. The van der Waals surface area contributed by atoms with Gasteiger partial charge in [0.2, 0.25) is 0 Å². The lowest BCUT2D eigenvalue weighted by Gasteiger charge is -2.09. The zero-order chi connectivity index (χ0) is 18.5. The second-order valence-corrected chi connectivity index (χ2v) is 6.63. The second kappa shape index (κ2) is 8.31. The quantitative estimate of drug-likeness (QED) is 0.709. The molecule has 1 aromatic heterocycles. The van der Waals surface area contributed by atoms with E-state index in [0.717, 1.165) is 23.5 Å². The minimum Gasteiger partial charge on any atom is -0.453 e. The van der Waals surface area contributed by atoms with Crippen molar-refractivity contribution < 1.29 is 13.9 Å². The molecule has 1 saturated carbocycles. The Kier molecular flexibility index (Phi) is 5.88. The molecule has 1 aliphatic carbocycles.